The standard InChI is InChI=1S/C12H18ClNO3S/c1-9(14)10-4-5-12(11(13)8-10)17-6-3-7-18(2,15)16/h4-5,8-9H,3,6-7,14H2,1-2H3/t9-/m1/s1. The fraction of sp³-hybridized carbons (Fsp3) is 0.500. The highest BCUT2D eigenvalue weighted by Crippen LogP contribution is 2.27. The second-order valence-corrected chi connectivity index (χ2v) is 6.98. The molecule has 6 heteroatoms. The summed E-state index contributed by atoms with van der Waals surface area (Å²) in [6, 6.07) is 5.28. The van der Waals surface area contributed by atoms with Crippen LogP contribution in [-0.4, -0.2) is 27.0 Å². The summed E-state index contributed by atoms with van der Waals surface area (Å²) in [6.45, 7) is 2.20. The van der Waals surface area contributed by atoms with Crippen molar-refractivity contribution in [2.45, 2.75) is 19.4 Å². The molecule has 1 atom stereocenters. The lowest BCUT2D eigenvalue weighted by Crippen LogP contribution is -2.08. The van der Waals surface area contributed by atoms with E-state index in [0.717, 1.165) is 5.56 Å². The van der Waals surface area contributed by atoms with Crippen LogP contribution in [0.5, 0.6) is 5.75 Å². The van der Waals surface area contributed by atoms with E-state index in [1.165, 1.54) is 6.26 Å². The van der Waals surface area contributed by atoms with Crippen molar-refractivity contribution >= 4 is 21.4 Å². The molecule has 0 aliphatic heterocycles. The van der Waals surface area contributed by atoms with Gasteiger partial charge in [-0.2, -0.15) is 0 Å². The molecule has 0 spiro atoms. The van der Waals surface area contributed by atoms with E-state index in [4.69, 9.17) is 22.1 Å². The zero-order valence-electron chi connectivity index (χ0n) is 10.5. The largest absolute Gasteiger partial charge is 0.492 e. The third-order valence-corrected chi connectivity index (χ3v) is 3.72. The van der Waals surface area contributed by atoms with Crippen molar-refractivity contribution in [2.75, 3.05) is 18.6 Å². The summed E-state index contributed by atoms with van der Waals surface area (Å²) in [5, 5.41) is 0.490. The molecule has 0 aliphatic carbocycles. The van der Waals surface area contributed by atoms with Gasteiger partial charge in [0.25, 0.3) is 0 Å². The molecule has 1 rings (SSSR count). The van der Waals surface area contributed by atoms with Crippen LogP contribution >= 0.6 is 11.6 Å². The van der Waals surface area contributed by atoms with Gasteiger partial charge in [0.1, 0.15) is 15.6 Å². The van der Waals surface area contributed by atoms with Gasteiger partial charge in [-0.25, -0.2) is 8.42 Å². The molecule has 1 aromatic carbocycles. The Morgan fingerprint density at radius 2 is 2.11 bits per heavy atom. The van der Waals surface area contributed by atoms with Crippen LogP contribution in [0.2, 0.25) is 5.02 Å². The van der Waals surface area contributed by atoms with E-state index < -0.39 is 9.84 Å². The summed E-state index contributed by atoms with van der Waals surface area (Å²) in [5.74, 6) is 0.664. The molecular formula is C12H18ClNO3S. The smallest absolute Gasteiger partial charge is 0.147 e. The third-order valence-electron chi connectivity index (χ3n) is 2.40. The van der Waals surface area contributed by atoms with Crippen LogP contribution in [0.15, 0.2) is 18.2 Å². The summed E-state index contributed by atoms with van der Waals surface area (Å²) in [5.41, 5.74) is 6.67. The average molecular weight is 292 g/mol. The van der Waals surface area contributed by atoms with Gasteiger partial charge in [0.05, 0.1) is 17.4 Å². The fourth-order valence-corrected chi connectivity index (χ4v) is 2.31. The highest BCUT2D eigenvalue weighted by atomic mass is 35.5. The highest BCUT2D eigenvalue weighted by molar-refractivity contribution is 7.90. The first kappa shape index (κ1) is 15.3. The maximum Gasteiger partial charge on any atom is 0.147 e. The van der Waals surface area contributed by atoms with Crippen LogP contribution in [0.25, 0.3) is 0 Å². The Hall–Kier alpha value is -0.780. The van der Waals surface area contributed by atoms with E-state index in [0.29, 0.717) is 23.8 Å². The van der Waals surface area contributed by atoms with Crippen molar-refractivity contribution in [2.24, 2.45) is 5.73 Å². The molecule has 0 bridgehead atoms. The van der Waals surface area contributed by atoms with E-state index in [1.54, 1.807) is 12.1 Å². The summed E-state index contributed by atoms with van der Waals surface area (Å²) in [6.07, 6.45) is 1.65. The summed E-state index contributed by atoms with van der Waals surface area (Å²) in [7, 11) is -2.94. The molecule has 2 N–H and O–H groups in total. The molecule has 0 radical (unpaired) electrons. The normalized spacial score (nSPS) is 13.3. The monoisotopic (exact) mass is 291 g/mol. The molecule has 18 heavy (non-hydrogen) atoms. The van der Waals surface area contributed by atoms with Crippen LogP contribution in [0.1, 0.15) is 24.9 Å². The maximum atomic E-state index is 10.9. The SMILES string of the molecule is C[C@@H](N)c1ccc(OCCCS(C)(=O)=O)c(Cl)c1. The van der Waals surface area contributed by atoms with Crippen LogP contribution in [-0.2, 0) is 9.84 Å². The molecule has 0 heterocycles. The van der Waals surface area contributed by atoms with Gasteiger partial charge in [-0.15, -0.1) is 0 Å². The summed E-state index contributed by atoms with van der Waals surface area (Å²) < 4.78 is 27.3. The zero-order valence-corrected chi connectivity index (χ0v) is 12.1. The van der Waals surface area contributed by atoms with Crippen LogP contribution in [0.4, 0.5) is 0 Å². The second-order valence-electron chi connectivity index (χ2n) is 4.31. The first-order valence-corrected chi connectivity index (χ1v) is 8.09. The Morgan fingerprint density at radius 3 is 2.61 bits per heavy atom. The van der Waals surface area contributed by atoms with Gasteiger partial charge in [0.2, 0.25) is 0 Å². The number of sulfone groups is 1. The highest BCUT2D eigenvalue weighted by Gasteiger charge is 2.07. The lowest BCUT2D eigenvalue weighted by atomic mass is 10.1. The van der Waals surface area contributed by atoms with E-state index in [9.17, 15) is 8.42 Å². The van der Waals surface area contributed by atoms with Crippen molar-refractivity contribution in [1.29, 1.82) is 0 Å². The predicted octanol–water partition coefficient (Wildman–Crippen LogP) is 2.17. The van der Waals surface area contributed by atoms with Crippen molar-refractivity contribution in [3.8, 4) is 5.75 Å². The maximum absolute atomic E-state index is 10.9. The molecule has 0 saturated carbocycles. The molecule has 0 amide bonds. The number of rotatable bonds is 6. The number of halogens is 1. The van der Waals surface area contributed by atoms with Gasteiger partial charge >= 0.3 is 0 Å². The number of ether oxygens (including phenoxy) is 1. The number of nitrogens with two attached hydrogens (primary N) is 1. The van der Waals surface area contributed by atoms with Crippen molar-refractivity contribution in [3.63, 3.8) is 0 Å². The molecule has 0 aliphatic rings. The van der Waals surface area contributed by atoms with E-state index >= 15 is 0 Å². The topological polar surface area (TPSA) is 69.4 Å². The van der Waals surface area contributed by atoms with E-state index in [1.807, 2.05) is 13.0 Å². The number of hydrogen-bond donors (Lipinski definition) is 1. The minimum absolute atomic E-state index is 0.0817. The van der Waals surface area contributed by atoms with Gasteiger partial charge < -0.3 is 10.5 Å². The van der Waals surface area contributed by atoms with Gasteiger partial charge in [-0.3, -0.25) is 0 Å². The number of benzene rings is 1. The van der Waals surface area contributed by atoms with E-state index in [2.05, 4.69) is 0 Å². The Labute approximate surface area is 113 Å². The Bertz CT molecular complexity index is 500. The third kappa shape index (κ3) is 5.25. The molecular weight excluding hydrogens is 274 g/mol. The van der Waals surface area contributed by atoms with Crippen LogP contribution in [0, 0.1) is 0 Å². The van der Waals surface area contributed by atoms with Crippen molar-refractivity contribution in [3.05, 3.63) is 28.8 Å². The Kier molecular flexibility index (Phi) is 5.44. The first-order chi connectivity index (χ1) is 8.29. The van der Waals surface area contributed by atoms with Gasteiger partial charge in [0.15, 0.2) is 0 Å². The second kappa shape index (κ2) is 6.41. The minimum Gasteiger partial charge on any atom is -0.492 e. The first-order valence-electron chi connectivity index (χ1n) is 5.65. The lowest BCUT2D eigenvalue weighted by Gasteiger charge is -2.11. The Morgan fingerprint density at radius 1 is 1.44 bits per heavy atom. The quantitative estimate of drug-likeness (QED) is 0.816. The summed E-state index contributed by atoms with van der Waals surface area (Å²) in [4.78, 5) is 0. The molecule has 0 fully saturated rings. The summed E-state index contributed by atoms with van der Waals surface area (Å²) >= 11 is 6.04. The van der Waals surface area contributed by atoms with Crippen LogP contribution < -0.4 is 10.5 Å². The van der Waals surface area contributed by atoms with Gasteiger partial charge in [-0.1, -0.05) is 17.7 Å². The molecule has 0 aromatic heterocycles. The number of hydrogen-bond acceptors (Lipinski definition) is 4. The molecule has 0 unspecified atom stereocenters. The van der Waals surface area contributed by atoms with Crippen molar-refractivity contribution in [1.82, 2.24) is 0 Å². The van der Waals surface area contributed by atoms with Gasteiger partial charge in [0, 0.05) is 12.3 Å². The minimum atomic E-state index is -2.94. The fourth-order valence-electron chi connectivity index (χ4n) is 1.42. The zero-order chi connectivity index (χ0) is 13.8. The van der Waals surface area contributed by atoms with Gasteiger partial charge in [-0.05, 0) is 31.0 Å². The van der Waals surface area contributed by atoms with E-state index in [-0.39, 0.29) is 11.8 Å². The van der Waals surface area contributed by atoms with Crippen LogP contribution in [0.3, 0.4) is 0 Å². The molecule has 4 nitrogen and oxygen atoms in total. The molecule has 1 aromatic rings. The predicted molar refractivity (Wildman–Crippen MR) is 73.9 cm³/mol. The molecule has 0 saturated heterocycles. The Balaban J connectivity index is 2.53. The molecule has 102 valence electrons. The lowest BCUT2D eigenvalue weighted by molar-refractivity contribution is 0.318. The van der Waals surface area contributed by atoms with Crippen molar-refractivity contribution < 1.29 is 13.2 Å². The average Bonchev–Trinajstić information content (AvgIpc) is 2.24.